The van der Waals surface area contributed by atoms with E-state index in [1.165, 1.54) is 0 Å². The quantitative estimate of drug-likeness (QED) is 0.584. The van der Waals surface area contributed by atoms with Gasteiger partial charge in [0, 0.05) is 6.92 Å². The van der Waals surface area contributed by atoms with Gasteiger partial charge in [-0.15, -0.1) is 0 Å². The van der Waals surface area contributed by atoms with Crippen molar-refractivity contribution in [2.45, 2.75) is 12.8 Å². The number of halogens is 2. The zero-order valence-electron chi connectivity index (χ0n) is 4.23. The van der Waals surface area contributed by atoms with Crippen LogP contribution in [0.3, 0.4) is 0 Å². The molecule has 0 aliphatic carbocycles. The van der Waals surface area contributed by atoms with Gasteiger partial charge in [-0.2, -0.15) is 0 Å². The molecule has 0 aromatic carbocycles. The zero-order chi connectivity index (χ0) is 6.78. The molecule has 0 fully saturated rings. The molecule has 1 N–H and O–H groups in total. The second kappa shape index (κ2) is 2.50. The molecule has 5 heteroatoms. The summed E-state index contributed by atoms with van der Waals surface area (Å²) in [7, 11) is 0. The minimum absolute atomic E-state index is 0.598. The first-order chi connectivity index (χ1) is 3.42. The van der Waals surface area contributed by atoms with Crippen LogP contribution in [0.25, 0.3) is 0 Å². The molecule has 0 aliphatic heterocycles. The number of hydrogen-bond acceptors (Lipinski definition) is 1. The summed E-state index contributed by atoms with van der Waals surface area (Å²) in [5.41, 5.74) is 0. The lowest BCUT2D eigenvalue weighted by Crippen LogP contribution is -2.19. The van der Waals surface area contributed by atoms with E-state index in [0.29, 0.717) is 6.92 Å². The Kier molecular flexibility index (Phi) is 2.49. The summed E-state index contributed by atoms with van der Waals surface area (Å²) >= 11 is -2.39. The Bertz CT molecular complexity index is 97.9. The maximum absolute atomic E-state index is 11.6. The Morgan fingerprint density at radius 2 is 2.12 bits per heavy atom. The summed E-state index contributed by atoms with van der Waals surface area (Å²) in [5, 5.41) is 0. The van der Waals surface area contributed by atoms with Gasteiger partial charge >= 0.3 is 0 Å². The van der Waals surface area contributed by atoms with E-state index in [9.17, 15) is 13.0 Å². The summed E-state index contributed by atoms with van der Waals surface area (Å²) in [4.78, 5) is 0. The highest BCUT2D eigenvalue weighted by atomic mass is 32.2. The lowest BCUT2D eigenvalue weighted by Gasteiger charge is -2.04. The van der Waals surface area contributed by atoms with Gasteiger partial charge in [-0.1, -0.05) is 0 Å². The summed E-state index contributed by atoms with van der Waals surface area (Å²) < 4.78 is 40.8. The Morgan fingerprint density at radius 1 is 1.75 bits per heavy atom. The first kappa shape index (κ1) is 7.97. The third-order valence-corrected chi connectivity index (χ3v) is 1.13. The van der Waals surface area contributed by atoms with Crippen molar-refractivity contribution < 1.29 is 17.5 Å². The molecule has 0 radical (unpaired) electrons. The van der Waals surface area contributed by atoms with Crippen LogP contribution in [0, 0.1) is 0 Å². The monoisotopic (exact) mass is 144 g/mol. The summed E-state index contributed by atoms with van der Waals surface area (Å²) in [6.07, 6.45) is 0. The molecule has 1 unspecified atom stereocenters. The molecule has 0 rings (SSSR count). The Labute approximate surface area is 48.2 Å². The van der Waals surface area contributed by atoms with Gasteiger partial charge < -0.3 is 4.55 Å². The van der Waals surface area contributed by atoms with Crippen molar-refractivity contribution in [1.29, 1.82) is 0 Å². The predicted octanol–water partition coefficient (Wildman–Crippen LogP) is 0.863. The highest BCUT2D eigenvalue weighted by Gasteiger charge is 2.23. The van der Waals surface area contributed by atoms with Crippen molar-refractivity contribution >= 4 is 11.1 Å². The fourth-order valence-electron chi connectivity index (χ4n) is 0.217. The molecule has 0 bridgehead atoms. The molecule has 50 valence electrons. The third kappa shape index (κ3) is 5.97. The molecule has 0 aromatic rings. The van der Waals surface area contributed by atoms with Gasteiger partial charge in [0.2, 0.25) is 0 Å². The third-order valence-electron chi connectivity index (χ3n) is 0.377. The number of rotatable bonds is 2. The molecular formula is C3H6F2O2S. The number of hydrogen-bond donors (Lipinski definition) is 1. The molecule has 0 aromatic heterocycles. The molecule has 0 amide bonds. The van der Waals surface area contributed by atoms with Crippen molar-refractivity contribution in [1.82, 2.24) is 0 Å². The topological polar surface area (TPSA) is 37.3 Å². The van der Waals surface area contributed by atoms with Gasteiger partial charge in [0.15, 0.2) is 11.1 Å². The molecule has 0 aliphatic rings. The summed E-state index contributed by atoms with van der Waals surface area (Å²) in [6.45, 7) is 0.598. The van der Waals surface area contributed by atoms with Gasteiger partial charge in [-0.3, -0.25) is 0 Å². The lowest BCUT2D eigenvalue weighted by atomic mass is 10.5. The van der Waals surface area contributed by atoms with Crippen LogP contribution in [0.5, 0.6) is 0 Å². The maximum atomic E-state index is 11.6. The first-order valence-electron chi connectivity index (χ1n) is 1.87. The van der Waals surface area contributed by atoms with E-state index in [1.807, 2.05) is 0 Å². The van der Waals surface area contributed by atoms with E-state index in [1.54, 1.807) is 0 Å². The Morgan fingerprint density at radius 3 is 2.12 bits per heavy atom. The molecule has 0 spiro atoms. The average Bonchev–Trinajstić information content (AvgIpc) is 1.21. The van der Waals surface area contributed by atoms with E-state index in [2.05, 4.69) is 0 Å². The van der Waals surface area contributed by atoms with Crippen molar-refractivity contribution in [2.24, 2.45) is 0 Å². The fourth-order valence-corrected chi connectivity index (χ4v) is 0.650. The standard InChI is InChI=1S/C3H6F2O2S/c1-3(4,5)2-8(6)7/h2H2,1H3,(H,6,7). The van der Waals surface area contributed by atoms with Crippen molar-refractivity contribution in [3.63, 3.8) is 0 Å². The molecule has 0 heterocycles. The largest absolute Gasteiger partial charge is 0.306 e. The predicted molar refractivity (Wildman–Crippen MR) is 26.3 cm³/mol. The summed E-state index contributed by atoms with van der Waals surface area (Å²) in [6, 6.07) is 0. The van der Waals surface area contributed by atoms with E-state index >= 15 is 0 Å². The second-order valence-corrected chi connectivity index (χ2v) is 2.47. The van der Waals surface area contributed by atoms with Crippen molar-refractivity contribution in [2.75, 3.05) is 5.75 Å². The normalized spacial score (nSPS) is 16.0. The molecule has 8 heavy (non-hydrogen) atoms. The van der Waals surface area contributed by atoms with E-state index < -0.39 is 22.8 Å². The van der Waals surface area contributed by atoms with Gasteiger partial charge in [0.25, 0.3) is 5.92 Å². The van der Waals surface area contributed by atoms with Crippen LogP contribution in [0.2, 0.25) is 0 Å². The first-order valence-corrected chi connectivity index (χ1v) is 3.15. The van der Waals surface area contributed by atoms with Crippen molar-refractivity contribution in [3.05, 3.63) is 0 Å². The van der Waals surface area contributed by atoms with Gasteiger partial charge in [-0.05, 0) is 0 Å². The average molecular weight is 144 g/mol. The Hall–Kier alpha value is -0.0300. The van der Waals surface area contributed by atoms with Crippen LogP contribution in [-0.4, -0.2) is 20.4 Å². The Balaban J connectivity index is 3.55. The zero-order valence-corrected chi connectivity index (χ0v) is 5.04. The van der Waals surface area contributed by atoms with E-state index in [4.69, 9.17) is 4.55 Å². The van der Waals surface area contributed by atoms with Crippen LogP contribution in [0.15, 0.2) is 0 Å². The fraction of sp³-hybridized carbons (Fsp3) is 1.00. The maximum Gasteiger partial charge on any atom is 0.259 e. The highest BCUT2D eigenvalue weighted by Crippen LogP contribution is 2.11. The molecule has 2 nitrogen and oxygen atoms in total. The lowest BCUT2D eigenvalue weighted by molar-refractivity contribution is 0.0471. The molecular weight excluding hydrogens is 138 g/mol. The van der Waals surface area contributed by atoms with E-state index in [-0.39, 0.29) is 0 Å². The van der Waals surface area contributed by atoms with Gasteiger partial charge in [-0.25, -0.2) is 13.0 Å². The molecule has 0 saturated carbocycles. The van der Waals surface area contributed by atoms with Crippen LogP contribution in [0.4, 0.5) is 8.78 Å². The van der Waals surface area contributed by atoms with Gasteiger partial charge in [0.05, 0.1) is 0 Å². The molecule has 1 atom stereocenters. The summed E-state index contributed by atoms with van der Waals surface area (Å²) in [5.74, 6) is -4.01. The number of alkyl halides is 2. The van der Waals surface area contributed by atoms with Gasteiger partial charge in [0.1, 0.15) is 5.75 Å². The van der Waals surface area contributed by atoms with Crippen LogP contribution >= 0.6 is 0 Å². The highest BCUT2D eigenvalue weighted by molar-refractivity contribution is 7.79. The van der Waals surface area contributed by atoms with Crippen LogP contribution < -0.4 is 0 Å². The smallest absolute Gasteiger partial charge is 0.259 e. The second-order valence-electron chi connectivity index (χ2n) is 1.54. The van der Waals surface area contributed by atoms with Crippen molar-refractivity contribution in [3.8, 4) is 0 Å². The van der Waals surface area contributed by atoms with Crippen LogP contribution in [-0.2, 0) is 11.1 Å². The van der Waals surface area contributed by atoms with E-state index in [0.717, 1.165) is 0 Å². The van der Waals surface area contributed by atoms with Crippen LogP contribution in [0.1, 0.15) is 6.92 Å². The molecule has 0 saturated heterocycles. The SMILES string of the molecule is CC(F)(F)CS(=O)O. The minimum atomic E-state index is -3.03. The minimum Gasteiger partial charge on any atom is -0.306 e.